The fraction of sp³-hybridized carbons (Fsp3) is 0.500. The molecule has 2 atom stereocenters. The number of carbonyl (C=O) groups is 1. The minimum absolute atomic E-state index is 0.0539. The second kappa shape index (κ2) is 6.52. The molecule has 0 radical (unpaired) electrons. The summed E-state index contributed by atoms with van der Waals surface area (Å²) >= 11 is 0. The van der Waals surface area contributed by atoms with Gasteiger partial charge in [0.25, 0.3) is 0 Å². The lowest BCUT2D eigenvalue weighted by Gasteiger charge is -2.21. The molecule has 1 aromatic rings. The first-order valence-electron chi connectivity index (χ1n) is 6.15. The SMILES string of the molecule is CC(CCc1ccccc1)NCC(C)(O)C(=O)O. The van der Waals surface area contributed by atoms with Gasteiger partial charge >= 0.3 is 5.97 Å². The Kier molecular flexibility index (Phi) is 5.31. The molecule has 0 heterocycles. The van der Waals surface area contributed by atoms with Crippen molar-refractivity contribution in [1.82, 2.24) is 5.32 Å². The van der Waals surface area contributed by atoms with Gasteiger partial charge in [-0.2, -0.15) is 0 Å². The van der Waals surface area contributed by atoms with Gasteiger partial charge in [-0.15, -0.1) is 0 Å². The summed E-state index contributed by atoms with van der Waals surface area (Å²) in [5.74, 6) is -1.20. The van der Waals surface area contributed by atoms with Crippen molar-refractivity contribution in [3.63, 3.8) is 0 Å². The van der Waals surface area contributed by atoms with Crippen LogP contribution in [0.15, 0.2) is 30.3 Å². The Labute approximate surface area is 108 Å². The number of carboxylic acids is 1. The number of carboxylic acid groups (broad SMARTS) is 1. The van der Waals surface area contributed by atoms with Crippen LogP contribution < -0.4 is 5.32 Å². The number of rotatable bonds is 7. The van der Waals surface area contributed by atoms with Gasteiger partial charge in [0, 0.05) is 12.6 Å². The predicted molar refractivity (Wildman–Crippen MR) is 70.5 cm³/mol. The van der Waals surface area contributed by atoms with E-state index in [1.54, 1.807) is 0 Å². The number of benzene rings is 1. The molecule has 1 aromatic carbocycles. The minimum Gasteiger partial charge on any atom is -0.479 e. The Balaban J connectivity index is 2.30. The standard InChI is InChI=1S/C14H21NO3/c1-11(15-10-14(2,18)13(16)17)8-9-12-6-4-3-5-7-12/h3-7,11,15,18H,8-10H2,1-2H3,(H,16,17). The molecule has 0 saturated heterocycles. The van der Waals surface area contributed by atoms with E-state index in [2.05, 4.69) is 17.4 Å². The van der Waals surface area contributed by atoms with Crippen LogP contribution in [0, 0.1) is 0 Å². The van der Waals surface area contributed by atoms with Crippen LogP contribution in [0.5, 0.6) is 0 Å². The van der Waals surface area contributed by atoms with Gasteiger partial charge in [-0.05, 0) is 32.3 Å². The maximum absolute atomic E-state index is 10.7. The Morgan fingerprint density at radius 1 is 1.39 bits per heavy atom. The Bertz CT molecular complexity index is 376. The summed E-state index contributed by atoms with van der Waals surface area (Å²) in [4.78, 5) is 10.7. The summed E-state index contributed by atoms with van der Waals surface area (Å²) in [5.41, 5.74) is -0.447. The third-order valence-corrected chi connectivity index (χ3v) is 2.96. The topological polar surface area (TPSA) is 69.6 Å². The molecule has 0 aromatic heterocycles. The summed E-state index contributed by atoms with van der Waals surface area (Å²) in [6.07, 6.45) is 1.84. The average Bonchev–Trinajstić information content (AvgIpc) is 2.35. The van der Waals surface area contributed by atoms with E-state index in [1.165, 1.54) is 12.5 Å². The quantitative estimate of drug-likeness (QED) is 0.685. The molecule has 0 fully saturated rings. The normalized spacial score (nSPS) is 15.9. The van der Waals surface area contributed by atoms with Crippen molar-refractivity contribution in [1.29, 1.82) is 0 Å². The largest absolute Gasteiger partial charge is 0.479 e. The molecule has 3 N–H and O–H groups in total. The summed E-state index contributed by atoms with van der Waals surface area (Å²) in [6.45, 7) is 3.34. The van der Waals surface area contributed by atoms with Crippen LogP contribution in [0.1, 0.15) is 25.8 Å². The number of hydrogen-bond donors (Lipinski definition) is 3. The molecule has 18 heavy (non-hydrogen) atoms. The lowest BCUT2D eigenvalue weighted by Crippen LogP contribution is -2.47. The molecule has 4 nitrogen and oxygen atoms in total. The minimum atomic E-state index is -1.71. The highest BCUT2D eigenvalue weighted by Gasteiger charge is 2.29. The van der Waals surface area contributed by atoms with E-state index in [0.29, 0.717) is 0 Å². The molecule has 2 unspecified atom stereocenters. The van der Waals surface area contributed by atoms with Crippen molar-refractivity contribution in [3.05, 3.63) is 35.9 Å². The lowest BCUT2D eigenvalue weighted by molar-refractivity contribution is -0.156. The predicted octanol–water partition coefficient (Wildman–Crippen LogP) is 1.43. The number of aliphatic carboxylic acids is 1. The Morgan fingerprint density at radius 3 is 2.56 bits per heavy atom. The van der Waals surface area contributed by atoms with Crippen molar-refractivity contribution < 1.29 is 15.0 Å². The van der Waals surface area contributed by atoms with E-state index in [-0.39, 0.29) is 12.6 Å². The molecule has 0 aliphatic heterocycles. The van der Waals surface area contributed by atoms with E-state index in [0.717, 1.165) is 12.8 Å². The monoisotopic (exact) mass is 251 g/mol. The number of aliphatic hydroxyl groups is 1. The molecule has 0 aliphatic rings. The number of nitrogens with one attached hydrogen (secondary N) is 1. The maximum atomic E-state index is 10.7. The smallest absolute Gasteiger partial charge is 0.336 e. The molecule has 0 bridgehead atoms. The molecule has 1 rings (SSSR count). The average molecular weight is 251 g/mol. The van der Waals surface area contributed by atoms with Gasteiger partial charge in [-0.25, -0.2) is 4.79 Å². The summed E-state index contributed by atoms with van der Waals surface area (Å²) in [7, 11) is 0. The van der Waals surface area contributed by atoms with Crippen molar-refractivity contribution in [3.8, 4) is 0 Å². The van der Waals surface area contributed by atoms with Crippen LogP contribution >= 0.6 is 0 Å². The Morgan fingerprint density at radius 2 is 2.00 bits per heavy atom. The molecule has 0 saturated carbocycles. The highest BCUT2D eigenvalue weighted by molar-refractivity contribution is 5.76. The molecule has 0 amide bonds. The number of aryl methyl sites for hydroxylation is 1. The van der Waals surface area contributed by atoms with Crippen LogP contribution in [-0.4, -0.2) is 34.4 Å². The molecule has 100 valence electrons. The highest BCUT2D eigenvalue weighted by atomic mass is 16.4. The Hall–Kier alpha value is -1.39. The maximum Gasteiger partial charge on any atom is 0.336 e. The molecular weight excluding hydrogens is 230 g/mol. The van der Waals surface area contributed by atoms with Gasteiger partial charge < -0.3 is 15.5 Å². The van der Waals surface area contributed by atoms with Crippen molar-refractivity contribution >= 4 is 5.97 Å². The molecule has 0 aliphatic carbocycles. The third-order valence-electron chi connectivity index (χ3n) is 2.96. The summed E-state index contributed by atoms with van der Waals surface area (Å²) in [5, 5.41) is 21.4. The molecular formula is C14H21NO3. The fourth-order valence-corrected chi connectivity index (χ4v) is 1.58. The second-order valence-electron chi connectivity index (χ2n) is 4.89. The third kappa shape index (κ3) is 4.85. The summed E-state index contributed by atoms with van der Waals surface area (Å²) in [6, 6.07) is 10.3. The van der Waals surface area contributed by atoms with Gasteiger partial charge in [-0.3, -0.25) is 0 Å². The van der Waals surface area contributed by atoms with Gasteiger partial charge in [0.2, 0.25) is 0 Å². The van der Waals surface area contributed by atoms with Crippen LogP contribution in [-0.2, 0) is 11.2 Å². The molecule has 0 spiro atoms. The van der Waals surface area contributed by atoms with E-state index in [9.17, 15) is 9.90 Å². The van der Waals surface area contributed by atoms with Gasteiger partial charge in [0.05, 0.1) is 0 Å². The van der Waals surface area contributed by atoms with Gasteiger partial charge in [-0.1, -0.05) is 30.3 Å². The first-order chi connectivity index (χ1) is 8.42. The first-order valence-corrected chi connectivity index (χ1v) is 6.15. The van der Waals surface area contributed by atoms with Crippen molar-refractivity contribution in [2.45, 2.75) is 38.3 Å². The van der Waals surface area contributed by atoms with Crippen LogP contribution in [0.25, 0.3) is 0 Å². The lowest BCUT2D eigenvalue weighted by atomic mass is 10.0. The van der Waals surface area contributed by atoms with Crippen LogP contribution in [0.4, 0.5) is 0 Å². The first kappa shape index (κ1) is 14.7. The zero-order valence-corrected chi connectivity index (χ0v) is 10.9. The number of hydrogen-bond acceptors (Lipinski definition) is 3. The second-order valence-corrected chi connectivity index (χ2v) is 4.89. The van der Waals surface area contributed by atoms with Crippen molar-refractivity contribution in [2.75, 3.05) is 6.54 Å². The van der Waals surface area contributed by atoms with Gasteiger partial charge in [0.15, 0.2) is 5.60 Å². The van der Waals surface area contributed by atoms with Crippen LogP contribution in [0.3, 0.4) is 0 Å². The van der Waals surface area contributed by atoms with E-state index in [4.69, 9.17) is 5.11 Å². The van der Waals surface area contributed by atoms with Crippen LogP contribution in [0.2, 0.25) is 0 Å². The van der Waals surface area contributed by atoms with E-state index < -0.39 is 11.6 Å². The highest BCUT2D eigenvalue weighted by Crippen LogP contribution is 2.06. The zero-order valence-electron chi connectivity index (χ0n) is 10.9. The van der Waals surface area contributed by atoms with Gasteiger partial charge in [0.1, 0.15) is 0 Å². The fourth-order valence-electron chi connectivity index (χ4n) is 1.58. The van der Waals surface area contributed by atoms with E-state index >= 15 is 0 Å². The molecule has 4 heteroatoms. The zero-order chi connectivity index (χ0) is 13.6. The van der Waals surface area contributed by atoms with E-state index in [1.807, 2.05) is 25.1 Å². The van der Waals surface area contributed by atoms with Crippen molar-refractivity contribution in [2.24, 2.45) is 0 Å². The summed E-state index contributed by atoms with van der Waals surface area (Å²) < 4.78 is 0.